The number of nitriles is 1. The molecule has 0 saturated carbocycles. The highest BCUT2D eigenvalue weighted by atomic mass is 19.2. The average Bonchev–Trinajstić information content (AvgIpc) is 2.28. The summed E-state index contributed by atoms with van der Waals surface area (Å²) in [7, 11) is 0. The van der Waals surface area contributed by atoms with Crippen molar-refractivity contribution in [3.8, 4) is 6.07 Å². The van der Waals surface area contributed by atoms with E-state index >= 15 is 0 Å². The van der Waals surface area contributed by atoms with Crippen LogP contribution < -0.4 is 5.32 Å². The third kappa shape index (κ3) is 2.31. The molecule has 84 valence electrons. The van der Waals surface area contributed by atoms with E-state index in [9.17, 15) is 18.0 Å². The van der Waals surface area contributed by atoms with Crippen molar-refractivity contribution in [1.82, 2.24) is 0 Å². The van der Waals surface area contributed by atoms with E-state index in [4.69, 9.17) is 5.26 Å². The lowest BCUT2D eigenvalue weighted by atomic mass is 10.2. The van der Waals surface area contributed by atoms with Crippen LogP contribution in [0.3, 0.4) is 0 Å². The summed E-state index contributed by atoms with van der Waals surface area (Å²) < 4.78 is 38.4. The molecule has 16 heavy (non-hydrogen) atoms. The van der Waals surface area contributed by atoms with Crippen LogP contribution in [0.5, 0.6) is 0 Å². The molecule has 0 aromatic heterocycles. The van der Waals surface area contributed by atoms with Crippen molar-refractivity contribution in [3.05, 3.63) is 29.6 Å². The molecule has 1 aromatic carbocycles. The first-order valence-electron chi connectivity index (χ1n) is 4.31. The number of hydrogen-bond donors (Lipinski definition) is 1. The van der Waals surface area contributed by atoms with Gasteiger partial charge in [0.05, 0.1) is 11.8 Å². The molecule has 1 aromatic rings. The van der Waals surface area contributed by atoms with Crippen LogP contribution in [0.4, 0.5) is 18.9 Å². The molecule has 1 N–H and O–H groups in total. The second-order valence-electron chi connectivity index (χ2n) is 3.06. The van der Waals surface area contributed by atoms with Gasteiger partial charge in [0, 0.05) is 0 Å². The van der Waals surface area contributed by atoms with Crippen LogP contribution in [0.1, 0.15) is 6.92 Å². The van der Waals surface area contributed by atoms with Gasteiger partial charge in [0.25, 0.3) is 0 Å². The van der Waals surface area contributed by atoms with Gasteiger partial charge in [-0.05, 0) is 19.1 Å². The summed E-state index contributed by atoms with van der Waals surface area (Å²) in [4.78, 5) is 11.2. The van der Waals surface area contributed by atoms with Crippen molar-refractivity contribution in [2.45, 2.75) is 6.92 Å². The quantitative estimate of drug-likeness (QED) is 0.789. The van der Waals surface area contributed by atoms with Gasteiger partial charge in [-0.15, -0.1) is 0 Å². The van der Waals surface area contributed by atoms with Gasteiger partial charge in [-0.2, -0.15) is 5.26 Å². The molecule has 0 spiro atoms. The van der Waals surface area contributed by atoms with E-state index < -0.39 is 35.0 Å². The molecule has 1 unspecified atom stereocenters. The Bertz CT molecular complexity index is 468. The number of benzene rings is 1. The van der Waals surface area contributed by atoms with Crippen molar-refractivity contribution in [2.75, 3.05) is 5.32 Å². The number of nitrogens with zero attached hydrogens (tertiary/aromatic N) is 1. The standard InChI is InChI=1S/C10H7F3N2O/c1-5(4-14)10(16)15-7-3-2-6(11)8(12)9(7)13/h2-3,5H,1H3,(H,15,16). The zero-order chi connectivity index (χ0) is 12.3. The molecule has 1 atom stereocenters. The highest BCUT2D eigenvalue weighted by Gasteiger charge is 2.17. The molecule has 6 heteroatoms. The van der Waals surface area contributed by atoms with Crippen molar-refractivity contribution < 1.29 is 18.0 Å². The first-order chi connectivity index (χ1) is 7.47. The Balaban J connectivity index is 2.96. The summed E-state index contributed by atoms with van der Waals surface area (Å²) in [5.41, 5.74) is -0.494. The second kappa shape index (κ2) is 4.66. The topological polar surface area (TPSA) is 52.9 Å². The molecular formula is C10H7F3N2O. The zero-order valence-corrected chi connectivity index (χ0v) is 8.22. The minimum atomic E-state index is -1.66. The van der Waals surface area contributed by atoms with Gasteiger partial charge in [-0.3, -0.25) is 4.79 Å². The van der Waals surface area contributed by atoms with E-state index in [-0.39, 0.29) is 0 Å². The molecule has 1 rings (SSSR count). The third-order valence-corrected chi connectivity index (χ3v) is 1.88. The molecule has 0 heterocycles. The number of carbonyl (C=O) groups excluding carboxylic acids is 1. The van der Waals surface area contributed by atoms with E-state index in [0.717, 1.165) is 6.07 Å². The zero-order valence-electron chi connectivity index (χ0n) is 8.22. The van der Waals surface area contributed by atoms with E-state index in [1.807, 2.05) is 5.32 Å². The summed E-state index contributed by atoms with van der Waals surface area (Å²) in [6, 6.07) is 3.20. The maximum Gasteiger partial charge on any atom is 0.241 e. The van der Waals surface area contributed by atoms with Gasteiger partial charge < -0.3 is 5.32 Å². The van der Waals surface area contributed by atoms with Gasteiger partial charge in [0.1, 0.15) is 5.92 Å². The van der Waals surface area contributed by atoms with Crippen LogP contribution in [0.2, 0.25) is 0 Å². The van der Waals surface area contributed by atoms with Gasteiger partial charge >= 0.3 is 0 Å². The van der Waals surface area contributed by atoms with Gasteiger partial charge in [0.2, 0.25) is 5.91 Å². The number of rotatable bonds is 2. The molecule has 3 nitrogen and oxygen atoms in total. The first kappa shape index (κ1) is 12.0. The predicted molar refractivity (Wildman–Crippen MR) is 49.7 cm³/mol. The number of nitrogens with one attached hydrogen (secondary N) is 1. The molecule has 0 fully saturated rings. The second-order valence-corrected chi connectivity index (χ2v) is 3.06. The van der Waals surface area contributed by atoms with E-state index in [1.165, 1.54) is 6.92 Å². The normalized spacial score (nSPS) is 11.7. The summed E-state index contributed by atoms with van der Waals surface area (Å²) >= 11 is 0. The lowest BCUT2D eigenvalue weighted by Crippen LogP contribution is -2.20. The van der Waals surface area contributed by atoms with E-state index in [1.54, 1.807) is 6.07 Å². The van der Waals surface area contributed by atoms with Crippen LogP contribution in [-0.2, 0) is 4.79 Å². The molecular weight excluding hydrogens is 221 g/mol. The van der Waals surface area contributed by atoms with Crippen molar-refractivity contribution in [3.63, 3.8) is 0 Å². The van der Waals surface area contributed by atoms with Crippen LogP contribution >= 0.6 is 0 Å². The maximum absolute atomic E-state index is 13.1. The molecule has 0 aliphatic heterocycles. The summed E-state index contributed by atoms with van der Waals surface area (Å²) in [6.45, 7) is 1.30. The summed E-state index contributed by atoms with van der Waals surface area (Å²) in [5.74, 6) is -6.29. The SMILES string of the molecule is CC(C#N)C(=O)Nc1ccc(F)c(F)c1F. The fourth-order valence-corrected chi connectivity index (χ4v) is 0.922. The third-order valence-electron chi connectivity index (χ3n) is 1.88. The minimum Gasteiger partial charge on any atom is -0.322 e. The molecule has 0 aliphatic carbocycles. The predicted octanol–water partition coefficient (Wildman–Crippen LogP) is 2.20. The Morgan fingerprint density at radius 1 is 1.38 bits per heavy atom. The average molecular weight is 228 g/mol. The highest BCUT2D eigenvalue weighted by molar-refractivity contribution is 5.93. The Labute approximate surface area is 89.5 Å². The molecule has 0 saturated heterocycles. The van der Waals surface area contributed by atoms with Crippen molar-refractivity contribution >= 4 is 11.6 Å². The van der Waals surface area contributed by atoms with Crippen LogP contribution in [-0.4, -0.2) is 5.91 Å². The molecule has 0 radical (unpaired) electrons. The number of amides is 1. The van der Waals surface area contributed by atoms with Crippen LogP contribution in [0.25, 0.3) is 0 Å². The highest BCUT2D eigenvalue weighted by Crippen LogP contribution is 2.19. The molecule has 1 amide bonds. The summed E-state index contributed by atoms with van der Waals surface area (Å²) in [6.07, 6.45) is 0. The Hall–Kier alpha value is -2.03. The van der Waals surface area contributed by atoms with Crippen molar-refractivity contribution in [2.24, 2.45) is 5.92 Å². The smallest absolute Gasteiger partial charge is 0.241 e. The number of halogens is 3. The fraction of sp³-hybridized carbons (Fsp3) is 0.200. The number of carbonyl (C=O) groups is 1. The van der Waals surface area contributed by atoms with Gasteiger partial charge in [-0.25, -0.2) is 13.2 Å². The Morgan fingerprint density at radius 3 is 2.56 bits per heavy atom. The lowest BCUT2D eigenvalue weighted by Gasteiger charge is -2.07. The molecule has 0 aliphatic rings. The largest absolute Gasteiger partial charge is 0.322 e. The van der Waals surface area contributed by atoms with Crippen LogP contribution in [0.15, 0.2) is 12.1 Å². The maximum atomic E-state index is 13.1. The van der Waals surface area contributed by atoms with E-state index in [2.05, 4.69) is 0 Å². The number of hydrogen-bond acceptors (Lipinski definition) is 2. The monoisotopic (exact) mass is 228 g/mol. The van der Waals surface area contributed by atoms with Gasteiger partial charge in [0.15, 0.2) is 17.5 Å². The van der Waals surface area contributed by atoms with E-state index in [0.29, 0.717) is 6.07 Å². The minimum absolute atomic E-state index is 0.494. The van der Waals surface area contributed by atoms with Crippen LogP contribution in [0, 0.1) is 34.7 Å². The fourth-order valence-electron chi connectivity index (χ4n) is 0.922. The van der Waals surface area contributed by atoms with Crippen molar-refractivity contribution in [1.29, 1.82) is 5.26 Å². The Morgan fingerprint density at radius 2 is 2.00 bits per heavy atom. The lowest BCUT2D eigenvalue weighted by molar-refractivity contribution is -0.117. The number of anilines is 1. The van der Waals surface area contributed by atoms with Gasteiger partial charge in [-0.1, -0.05) is 0 Å². The Kier molecular flexibility index (Phi) is 3.51. The summed E-state index contributed by atoms with van der Waals surface area (Å²) in [5, 5.41) is 10.4. The molecule has 0 bridgehead atoms. The first-order valence-corrected chi connectivity index (χ1v) is 4.31.